The van der Waals surface area contributed by atoms with Crippen molar-refractivity contribution in [3.05, 3.63) is 52.5 Å². The molecule has 3 rings (SSSR count). The fourth-order valence-electron chi connectivity index (χ4n) is 1.74. The summed E-state index contributed by atoms with van der Waals surface area (Å²) in [4.78, 5) is 5.52. The normalized spacial score (nSPS) is 11.8. The van der Waals surface area contributed by atoms with E-state index in [0.717, 1.165) is 11.1 Å². The summed E-state index contributed by atoms with van der Waals surface area (Å²) in [6, 6.07) is 10.0. The SMILES string of the molecule is CSc1ccc(C=C(Cl)c2nc(-c3ccsc3)no2)cc1. The highest BCUT2D eigenvalue weighted by atomic mass is 35.5. The van der Waals surface area contributed by atoms with E-state index < -0.39 is 0 Å². The van der Waals surface area contributed by atoms with Gasteiger partial charge in [0.1, 0.15) is 5.03 Å². The van der Waals surface area contributed by atoms with Gasteiger partial charge in [0.15, 0.2) is 0 Å². The van der Waals surface area contributed by atoms with Crippen molar-refractivity contribution in [2.75, 3.05) is 6.26 Å². The number of aromatic nitrogens is 2. The van der Waals surface area contributed by atoms with Crippen LogP contribution in [0, 0.1) is 0 Å². The predicted octanol–water partition coefficient (Wildman–Crippen LogP) is 5.26. The number of nitrogens with zero attached hydrogens (tertiary/aromatic N) is 2. The van der Waals surface area contributed by atoms with E-state index in [1.807, 2.05) is 53.4 Å². The zero-order valence-corrected chi connectivity index (χ0v) is 13.5. The Kier molecular flexibility index (Phi) is 4.43. The highest BCUT2D eigenvalue weighted by Gasteiger charge is 2.11. The lowest BCUT2D eigenvalue weighted by Crippen LogP contribution is -1.80. The van der Waals surface area contributed by atoms with Crippen LogP contribution in [0.5, 0.6) is 0 Å². The molecule has 0 amide bonds. The standard InChI is InChI=1S/C15H11ClN2OS2/c1-20-12-4-2-10(3-5-12)8-13(16)15-17-14(18-19-15)11-6-7-21-9-11/h2-9H,1H3. The summed E-state index contributed by atoms with van der Waals surface area (Å²) >= 11 is 9.54. The Morgan fingerprint density at radius 1 is 1.29 bits per heavy atom. The molecule has 0 saturated carbocycles. The van der Waals surface area contributed by atoms with Gasteiger partial charge in [0.05, 0.1) is 0 Å². The molecule has 3 aromatic rings. The van der Waals surface area contributed by atoms with E-state index in [4.69, 9.17) is 16.1 Å². The molecule has 0 spiro atoms. The van der Waals surface area contributed by atoms with E-state index in [1.54, 1.807) is 23.1 Å². The van der Waals surface area contributed by atoms with Gasteiger partial charge in [-0.15, -0.1) is 11.8 Å². The monoisotopic (exact) mass is 334 g/mol. The van der Waals surface area contributed by atoms with Crippen molar-refractivity contribution in [3.8, 4) is 11.4 Å². The van der Waals surface area contributed by atoms with Gasteiger partial charge < -0.3 is 4.52 Å². The molecule has 2 aromatic heterocycles. The summed E-state index contributed by atoms with van der Waals surface area (Å²) in [6.45, 7) is 0. The van der Waals surface area contributed by atoms with Crippen molar-refractivity contribution in [3.63, 3.8) is 0 Å². The van der Waals surface area contributed by atoms with Crippen LogP contribution < -0.4 is 0 Å². The minimum absolute atomic E-state index is 0.326. The van der Waals surface area contributed by atoms with E-state index in [2.05, 4.69) is 10.1 Å². The van der Waals surface area contributed by atoms with Gasteiger partial charge in [0, 0.05) is 15.8 Å². The minimum atomic E-state index is 0.326. The van der Waals surface area contributed by atoms with Gasteiger partial charge >= 0.3 is 0 Å². The maximum atomic E-state index is 6.25. The lowest BCUT2D eigenvalue weighted by atomic mass is 10.2. The number of benzene rings is 1. The summed E-state index contributed by atoms with van der Waals surface area (Å²) in [5.41, 5.74) is 1.93. The molecule has 3 nitrogen and oxygen atoms in total. The first-order valence-electron chi connectivity index (χ1n) is 6.14. The van der Waals surface area contributed by atoms with Gasteiger partial charge in [-0.3, -0.25) is 0 Å². The van der Waals surface area contributed by atoms with E-state index in [0.29, 0.717) is 16.7 Å². The lowest BCUT2D eigenvalue weighted by Gasteiger charge is -1.97. The highest BCUT2D eigenvalue weighted by molar-refractivity contribution is 7.98. The second kappa shape index (κ2) is 6.47. The van der Waals surface area contributed by atoms with Crippen LogP contribution in [0.3, 0.4) is 0 Å². The second-order valence-corrected chi connectivity index (χ2v) is 6.27. The van der Waals surface area contributed by atoms with Gasteiger partial charge in [-0.1, -0.05) is 28.9 Å². The van der Waals surface area contributed by atoms with Crippen molar-refractivity contribution in [1.29, 1.82) is 0 Å². The van der Waals surface area contributed by atoms with E-state index in [1.165, 1.54) is 4.90 Å². The van der Waals surface area contributed by atoms with Gasteiger partial charge in [-0.05, 0) is 41.5 Å². The number of thioether (sulfide) groups is 1. The van der Waals surface area contributed by atoms with Crippen LogP contribution in [-0.4, -0.2) is 16.4 Å². The van der Waals surface area contributed by atoms with Crippen LogP contribution >= 0.6 is 34.7 Å². The first-order chi connectivity index (χ1) is 10.3. The van der Waals surface area contributed by atoms with Crippen molar-refractivity contribution in [2.45, 2.75) is 4.90 Å². The predicted molar refractivity (Wildman–Crippen MR) is 89.6 cm³/mol. The molecule has 0 N–H and O–H groups in total. The quantitative estimate of drug-likeness (QED) is 0.610. The van der Waals surface area contributed by atoms with E-state index >= 15 is 0 Å². The number of hydrogen-bond donors (Lipinski definition) is 0. The summed E-state index contributed by atoms with van der Waals surface area (Å²) in [6.07, 6.45) is 3.86. The molecule has 0 saturated heterocycles. The average Bonchev–Trinajstić information content (AvgIpc) is 3.19. The largest absolute Gasteiger partial charge is 0.333 e. The summed E-state index contributed by atoms with van der Waals surface area (Å²) in [7, 11) is 0. The zero-order chi connectivity index (χ0) is 14.7. The first kappa shape index (κ1) is 14.4. The Morgan fingerprint density at radius 2 is 2.10 bits per heavy atom. The average molecular weight is 335 g/mol. The topological polar surface area (TPSA) is 38.9 Å². The number of rotatable bonds is 4. The van der Waals surface area contributed by atoms with Crippen molar-refractivity contribution >= 4 is 45.8 Å². The van der Waals surface area contributed by atoms with Crippen LogP contribution in [0.25, 0.3) is 22.5 Å². The van der Waals surface area contributed by atoms with Crippen LogP contribution in [0.15, 0.2) is 50.5 Å². The van der Waals surface area contributed by atoms with Gasteiger partial charge in [0.2, 0.25) is 5.82 Å². The first-order valence-corrected chi connectivity index (χ1v) is 8.69. The maximum Gasteiger partial charge on any atom is 0.269 e. The minimum Gasteiger partial charge on any atom is -0.333 e. The molecule has 0 fully saturated rings. The Bertz CT molecular complexity index is 748. The zero-order valence-electron chi connectivity index (χ0n) is 11.1. The van der Waals surface area contributed by atoms with Crippen LogP contribution in [-0.2, 0) is 0 Å². The van der Waals surface area contributed by atoms with Crippen LogP contribution in [0.1, 0.15) is 11.5 Å². The maximum absolute atomic E-state index is 6.25. The van der Waals surface area contributed by atoms with Gasteiger partial charge in [-0.25, -0.2) is 0 Å². The molecule has 0 bridgehead atoms. The fourth-order valence-corrected chi connectivity index (χ4v) is 2.98. The summed E-state index contributed by atoms with van der Waals surface area (Å²) in [5, 5.41) is 8.31. The van der Waals surface area contributed by atoms with Crippen LogP contribution in [0.2, 0.25) is 0 Å². The molecule has 106 valence electrons. The number of thiophene rings is 1. The molecule has 6 heteroatoms. The summed E-state index contributed by atoms with van der Waals surface area (Å²) in [5.74, 6) is 0.877. The van der Waals surface area contributed by atoms with Crippen molar-refractivity contribution in [1.82, 2.24) is 10.1 Å². The molecule has 0 aliphatic heterocycles. The summed E-state index contributed by atoms with van der Waals surface area (Å²) < 4.78 is 5.21. The number of halogens is 1. The lowest BCUT2D eigenvalue weighted by molar-refractivity contribution is 0.410. The van der Waals surface area contributed by atoms with Gasteiger partial charge in [0.25, 0.3) is 5.89 Å². The molecule has 0 aliphatic rings. The molecule has 1 aromatic carbocycles. The third kappa shape index (κ3) is 3.37. The molecule has 2 heterocycles. The molecular formula is C15H11ClN2OS2. The van der Waals surface area contributed by atoms with Gasteiger partial charge in [-0.2, -0.15) is 16.3 Å². The van der Waals surface area contributed by atoms with Crippen molar-refractivity contribution in [2.24, 2.45) is 0 Å². The number of hydrogen-bond acceptors (Lipinski definition) is 5. The third-order valence-electron chi connectivity index (χ3n) is 2.82. The molecule has 0 atom stereocenters. The van der Waals surface area contributed by atoms with E-state index in [-0.39, 0.29) is 0 Å². The molecule has 21 heavy (non-hydrogen) atoms. The fraction of sp³-hybridized carbons (Fsp3) is 0.0667. The molecule has 0 aliphatic carbocycles. The molecule has 0 unspecified atom stereocenters. The highest BCUT2D eigenvalue weighted by Crippen LogP contribution is 2.25. The van der Waals surface area contributed by atoms with Crippen molar-refractivity contribution < 1.29 is 4.52 Å². The second-order valence-electron chi connectivity index (χ2n) is 4.20. The van der Waals surface area contributed by atoms with Crippen LogP contribution in [0.4, 0.5) is 0 Å². The molecule has 0 radical (unpaired) electrons. The van der Waals surface area contributed by atoms with E-state index in [9.17, 15) is 0 Å². The molecular weight excluding hydrogens is 324 g/mol. The Hall–Kier alpha value is -1.56. The third-order valence-corrected chi connectivity index (χ3v) is 4.52. The Morgan fingerprint density at radius 3 is 2.76 bits per heavy atom. The smallest absolute Gasteiger partial charge is 0.269 e. The Balaban J connectivity index is 1.84. The Labute approximate surface area is 135 Å².